The van der Waals surface area contributed by atoms with Gasteiger partial charge in [0.1, 0.15) is 16.9 Å². The number of aryl methyl sites for hydroxylation is 1. The Labute approximate surface area is 194 Å². The molecule has 0 radical (unpaired) electrons. The highest BCUT2D eigenvalue weighted by atomic mass is 16.2. The van der Waals surface area contributed by atoms with Crippen molar-refractivity contribution in [3.8, 4) is 22.6 Å². The number of hydrogen-bond donors (Lipinski definition) is 1. The van der Waals surface area contributed by atoms with Gasteiger partial charge in [-0.05, 0) is 31.4 Å². The van der Waals surface area contributed by atoms with Crippen molar-refractivity contribution in [2.45, 2.75) is 44.7 Å². The Kier molecular flexibility index (Phi) is 4.11. The highest BCUT2D eigenvalue weighted by Gasteiger charge is 2.31. The minimum absolute atomic E-state index is 0.0867. The fourth-order valence-corrected chi connectivity index (χ4v) is 4.82. The molecule has 5 aromatic rings. The normalized spacial score (nSPS) is 16.7. The lowest BCUT2D eigenvalue weighted by atomic mass is 10.1. The first kappa shape index (κ1) is 19.4. The van der Waals surface area contributed by atoms with E-state index in [0.717, 1.165) is 58.8 Å². The molecule has 0 spiro atoms. The second-order valence-corrected chi connectivity index (χ2v) is 9.18. The van der Waals surface area contributed by atoms with Gasteiger partial charge in [-0.3, -0.25) is 19.0 Å². The van der Waals surface area contributed by atoms with Crippen molar-refractivity contribution in [1.82, 2.24) is 44.2 Å². The maximum atomic E-state index is 12.9. The van der Waals surface area contributed by atoms with Gasteiger partial charge >= 0.3 is 0 Å². The number of carbonyl (C=O) groups is 1. The minimum Gasteiger partial charge on any atom is -0.340 e. The lowest BCUT2D eigenvalue weighted by molar-refractivity contribution is -0.130. The van der Waals surface area contributed by atoms with E-state index in [9.17, 15) is 4.79 Å². The maximum Gasteiger partial charge on any atom is 0.222 e. The Balaban J connectivity index is 1.49. The summed E-state index contributed by atoms with van der Waals surface area (Å²) in [6.07, 6.45) is 9.21. The molecule has 0 atom stereocenters. The average Bonchev–Trinajstić information content (AvgIpc) is 3.31. The van der Waals surface area contributed by atoms with Crippen LogP contribution < -0.4 is 0 Å². The first-order valence-corrected chi connectivity index (χ1v) is 11.6. The molecule has 10 nitrogen and oxygen atoms in total. The van der Waals surface area contributed by atoms with E-state index in [2.05, 4.69) is 21.4 Å². The van der Waals surface area contributed by atoms with Gasteiger partial charge in [0.15, 0.2) is 5.65 Å². The summed E-state index contributed by atoms with van der Waals surface area (Å²) in [5.41, 5.74) is 7.36. The molecule has 1 aliphatic heterocycles. The zero-order valence-corrected chi connectivity index (χ0v) is 18.8. The molecule has 1 saturated carbocycles. The molecule has 6 heterocycles. The van der Waals surface area contributed by atoms with Gasteiger partial charge in [0.25, 0.3) is 0 Å². The van der Waals surface area contributed by atoms with E-state index in [1.807, 2.05) is 40.5 Å². The van der Waals surface area contributed by atoms with Gasteiger partial charge in [-0.2, -0.15) is 10.2 Å². The predicted molar refractivity (Wildman–Crippen MR) is 125 cm³/mol. The number of H-pyrrole nitrogens is 1. The summed E-state index contributed by atoms with van der Waals surface area (Å²) in [7, 11) is 1.83. The number of fused-ring (bicyclic) bond motifs is 8. The Morgan fingerprint density at radius 1 is 1.18 bits per heavy atom. The zero-order chi connectivity index (χ0) is 22.8. The molecule has 4 bridgehead atoms. The molecular formula is C24H23N9O. The number of aromatic amines is 1. The third kappa shape index (κ3) is 3.01. The van der Waals surface area contributed by atoms with E-state index in [1.54, 1.807) is 11.1 Å². The van der Waals surface area contributed by atoms with Crippen LogP contribution in [0.25, 0.3) is 39.5 Å². The highest BCUT2D eigenvalue weighted by molar-refractivity contribution is 5.89. The number of aromatic nitrogens is 8. The van der Waals surface area contributed by atoms with Gasteiger partial charge < -0.3 is 4.90 Å². The van der Waals surface area contributed by atoms with Crippen molar-refractivity contribution in [3.05, 3.63) is 48.2 Å². The minimum atomic E-state index is 0.0867. The molecule has 1 amide bonds. The Bertz CT molecular complexity index is 1570. The summed E-state index contributed by atoms with van der Waals surface area (Å²) < 4.78 is 3.97. The average molecular weight is 454 g/mol. The number of amides is 1. The molecule has 1 fully saturated rings. The van der Waals surface area contributed by atoms with E-state index < -0.39 is 0 Å². The van der Waals surface area contributed by atoms with Crippen LogP contribution in [0.3, 0.4) is 0 Å². The molecule has 1 aliphatic carbocycles. The Morgan fingerprint density at radius 3 is 2.97 bits per heavy atom. The molecule has 34 heavy (non-hydrogen) atoms. The number of pyridine rings is 1. The van der Waals surface area contributed by atoms with Gasteiger partial charge in [0, 0.05) is 43.9 Å². The van der Waals surface area contributed by atoms with Crippen LogP contribution in [0.1, 0.15) is 43.0 Å². The Morgan fingerprint density at radius 2 is 2.09 bits per heavy atom. The molecule has 7 rings (SSSR count). The van der Waals surface area contributed by atoms with Crippen molar-refractivity contribution in [3.63, 3.8) is 0 Å². The molecule has 10 heteroatoms. The number of nitrogens with one attached hydrogen (secondary N) is 1. The number of carbonyl (C=O) groups excluding carboxylic acids is 1. The number of nitrogens with zero attached hydrogens (tertiary/aromatic N) is 8. The van der Waals surface area contributed by atoms with Crippen molar-refractivity contribution in [2.24, 2.45) is 0 Å². The molecule has 5 aromatic heterocycles. The zero-order valence-electron chi connectivity index (χ0n) is 18.8. The van der Waals surface area contributed by atoms with Crippen molar-refractivity contribution in [1.29, 1.82) is 0 Å². The molecule has 2 aliphatic rings. The first-order chi connectivity index (χ1) is 16.7. The van der Waals surface area contributed by atoms with Gasteiger partial charge in [-0.25, -0.2) is 15.0 Å². The van der Waals surface area contributed by atoms with Gasteiger partial charge in [-0.1, -0.05) is 6.07 Å². The number of hydrogen-bond acceptors (Lipinski definition) is 6. The monoisotopic (exact) mass is 453 g/mol. The van der Waals surface area contributed by atoms with Gasteiger partial charge in [0.05, 0.1) is 35.5 Å². The summed E-state index contributed by atoms with van der Waals surface area (Å²) in [6, 6.07) is 5.88. The molecule has 1 N–H and O–H groups in total. The summed E-state index contributed by atoms with van der Waals surface area (Å²) in [6.45, 7) is 1.08. The predicted octanol–water partition coefficient (Wildman–Crippen LogP) is 3.16. The molecule has 0 unspecified atom stereocenters. The first-order valence-electron chi connectivity index (χ1n) is 11.6. The lowest BCUT2D eigenvalue weighted by Gasteiger charge is -2.17. The standard InChI is InChI=1S/C24H23N9O/c1-31-13-17-23(33-10-3-2-5-18(33)26-17)16-11-25-24-22(27-16)21(28-29-24)15-12-32(9-4-6-19(31)34)30-20(15)14-7-8-14/h2-3,5,10-12,14H,4,6-9,13H2,1H3,(H,25,28,29). The number of imidazole rings is 1. The summed E-state index contributed by atoms with van der Waals surface area (Å²) >= 11 is 0. The molecule has 170 valence electrons. The van der Waals surface area contributed by atoms with Gasteiger partial charge in [0.2, 0.25) is 5.91 Å². The Hall–Kier alpha value is -4.08. The summed E-state index contributed by atoms with van der Waals surface area (Å²) in [4.78, 5) is 29.1. The maximum absolute atomic E-state index is 12.9. The topological polar surface area (TPSA) is 110 Å². The molecule has 0 aromatic carbocycles. The SMILES string of the molecule is CN1Cc2nc3ccccn3c2-c2cnc3n[nH]c(c3n2)-c2cn(nc2C2CC2)CCCC1=O. The number of rotatable bonds is 1. The largest absolute Gasteiger partial charge is 0.340 e. The van der Waals surface area contributed by atoms with Crippen LogP contribution >= 0.6 is 0 Å². The smallest absolute Gasteiger partial charge is 0.222 e. The molecular weight excluding hydrogens is 430 g/mol. The van der Waals surface area contributed by atoms with E-state index in [-0.39, 0.29) is 5.91 Å². The fraction of sp³-hybridized carbons (Fsp3) is 0.333. The van der Waals surface area contributed by atoms with E-state index >= 15 is 0 Å². The van der Waals surface area contributed by atoms with E-state index in [0.29, 0.717) is 36.8 Å². The van der Waals surface area contributed by atoms with E-state index in [4.69, 9.17) is 15.1 Å². The van der Waals surface area contributed by atoms with Crippen molar-refractivity contribution in [2.75, 3.05) is 7.05 Å². The van der Waals surface area contributed by atoms with Crippen LogP contribution in [0.4, 0.5) is 0 Å². The van der Waals surface area contributed by atoms with Crippen LogP contribution in [0.5, 0.6) is 0 Å². The summed E-state index contributed by atoms with van der Waals surface area (Å²) in [5.74, 6) is 0.548. The van der Waals surface area contributed by atoms with Crippen LogP contribution in [-0.2, 0) is 17.9 Å². The third-order valence-corrected chi connectivity index (χ3v) is 6.72. The summed E-state index contributed by atoms with van der Waals surface area (Å²) in [5, 5.41) is 12.5. The van der Waals surface area contributed by atoms with Gasteiger partial charge in [-0.15, -0.1) is 0 Å². The van der Waals surface area contributed by atoms with Crippen LogP contribution in [-0.4, -0.2) is 57.2 Å². The highest BCUT2D eigenvalue weighted by Crippen LogP contribution is 2.44. The second-order valence-electron chi connectivity index (χ2n) is 9.18. The molecule has 0 saturated heterocycles. The quantitative estimate of drug-likeness (QED) is 0.418. The fourth-order valence-electron chi connectivity index (χ4n) is 4.82. The van der Waals surface area contributed by atoms with Crippen LogP contribution in [0.2, 0.25) is 0 Å². The lowest BCUT2D eigenvalue weighted by Crippen LogP contribution is -2.26. The van der Waals surface area contributed by atoms with E-state index in [1.165, 1.54) is 0 Å². The van der Waals surface area contributed by atoms with Crippen LogP contribution in [0.15, 0.2) is 36.8 Å². The van der Waals surface area contributed by atoms with Crippen LogP contribution in [0, 0.1) is 0 Å². The third-order valence-electron chi connectivity index (χ3n) is 6.72. The van der Waals surface area contributed by atoms with Crippen molar-refractivity contribution < 1.29 is 4.79 Å². The van der Waals surface area contributed by atoms with Crippen molar-refractivity contribution >= 4 is 22.7 Å². The second kappa shape index (κ2) is 7.21.